The minimum atomic E-state index is -4.33. The van der Waals surface area contributed by atoms with Gasteiger partial charge in [-0.25, -0.2) is 0 Å². The van der Waals surface area contributed by atoms with Crippen LogP contribution < -0.4 is 5.73 Å². The Bertz CT molecular complexity index is 690. The second-order valence-electron chi connectivity index (χ2n) is 3.65. The predicted octanol–water partition coefficient (Wildman–Crippen LogP) is 1.99. The summed E-state index contributed by atoms with van der Waals surface area (Å²) >= 11 is 5.95. The summed E-state index contributed by atoms with van der Waals surface area (Å²) in [6.07, 6.45) is 0. The second kappa shape index (κ2) is 4.27. The maximum Gasteiger partial charge on any atom is 0.294 e. The molecule has 0 spiro atoms. The quantitative estimate of drug-likeness (QED) is 0.823. The lowest BCUT2D eigenvalue weighted by Gasteiger charge is -2.05. The van der Waals surface area contributed by atoms with E-state index in [0.717, 1.165) is 0 Å². The molecule has 2 radical (unpaired) electrons. The number of rotatable bonds is 2. The number of aromatic amines is 1. The maximum atomic E-state index is 11.1. The predicted molar refractivity (Wildman–Crippen MR) is 65.4 cm³/mol. The van der Waals surface area contributed by atoms with E-state index in [-0.39, 0.29) is 21.3 Å². The maximum absolute atomic E-state index is 11.1. The van der Waals surface area contributed by atoms with Crippen LogP contribution in [0, 0.1) is 6.92 Å². The summed E-state index contributed by atoms with van der Waals surface area (Å²) in [5.41, 5.74) is 10.6. The lowest BCUT2D eigenvalue weighted by molar-refractivity contribution is 0.483. The summed E-state index contributed by atoms with van der Waals surface area (Å²) in [6, 6.07) is 3.68. The molecule has 0 fully saturated rings. The summed E-state index contributed by atoms with van der Waals surface area (Å²) < 4.78 is 31.1. The molecule has 0 unspecified atom stereocenters. The minimum Gasteiger partial charge on any atom is -0.282 e. The standard InChI is InChI=1S/C10H8ClN3O3S/c1-5-9(10(12)14-13-5)7-4-6(18(15,16)17)2-3-8(7)11/h2-4H,1H3,(H,13,14)(H,15,16,17). The van der Waals surface area contributed by atoms with Gasteiger partial charge in [0.15, 0.2) is 5.82 Å². The Morgan fingerprint density at radius 1 is 1.44 bits per heavy atom. The van der Waals surface area contributed by atoms with Crippen LogP contribution in [0.2, 0.25) is 5.02 Å². The minimum absolute atomic E-state index is 0.220. The number of hydrogen-bond donors (Lipinski definition) is 2. The van der Waals surface area contributed by atoms with Gasteiger partial charge in [-0.3, -0.25) is 9.65 Å². The third-order valence-corrected chi connectivity index (χ3v) is 3.61. The van der Waals surface area contributed by atoms with E-state index in [0.29, 0.717) is 11.3 Å². The van der Waals surface area contributed by atoms with Gasteiger partial charge in [0.05, 0.1) is 16.2 Å². The Balaban J connectivity index is 2.72. The molecule has 0 aliphatic carbocycles. The van der Waals surface area contributed by atoms with Crippen LogP contribution in [0.15, 0.2) is 23.1 Å². The number of aryl methyl sites for hydroxylation is 1. The zero-order valence-electron chi connectivity index (χ0n) is 9.18. The molecule has 6 nitrogen and oxygen atoms in total. The molecule has 0 saturated carbocycles. The van der Waals surface area contributed by atoms with Crippen LogP contribution in [0.3, 0.4) is 0 Å². The van der Waals surface area contributed by atoms with Gasteiger partial charge in [0.25, 0.3) is 10.1 Å². The molecule has 0 aliphatic heterocycles. The Kier molecular flexibility index (Phi) is 3.05. The summed E-state index contributed by atoms with van der Waals surface area (Å²) in [4.78, 5) is -0.304. The summed E-state index contributed by atoms with van der Waals surface area (Å²) in [5, 5.41) is 6.37. The largest absolute Gasteiger partial charge is 0.294 e. The van der Waals surface area contributed by atoms with Gasteiger partial charge >= 0.3 is 0 Å². The van der Waals surface area contributed by atoms with E-state index in [1.807, 2.05) is 0 Å². The highest BCUT2D eigenvalue weighted by Crippen LogP contribution is 2.35. The number of nitrogens with one attached hydrogen (secondary N) is 1. The molecule has 0 aliphatic rings. The van der Waals surface area contributed by atoms with Crippen LogP contribution >= 0.6 is 11.6 Å². The highest BCUT2D eigenvalue weighted by atomic mass is 35.5. The molecule has 0 bridgehead atoms. The zero-order valence-corrected chi connectivity index (χ0v) is 10.7. The molecule has 1 aromatic heterocycles. The van der Waals surface area contributed by atoms with Gasteiger partial charge < -0.3 is 0 Å². The van der Waals surface area contributed by atoms with E-state index in [1.54, 1.807) is 6.92 Å². The molecule has 18 heavy (non-hydrogen) atoms. The summed E-state index contributed by atoms with van der Waals surface area (Å²) in [7, 11) is -4.33. The van der Waals surface area contributed by atoms with Crippen LogP contribution in [-0.2, 0) is 10.1 Å². The Labute approximate surface area is 109 Å². The highest BCUT2D eigenvalue weighted by molar-refractivity contribution is 7.85. The van der Waals surface area contributed by atoms with E-state index in [1.165, 1.54) is 18.2 Å². The SMILES string of the molecule is Cc1n[nH]c([N])c1-c1cc(S(=O)(=O)O)ccc1Cl. The van der Waals surface area contributed by atoms with Crippen molar-refractivity contribution >= 4 is 27.5 Å². The van der Waals surface area contributed by atoms with Crippen LogP contribution in [0.4, 0.5) is 5.82 Å². The monoisotopic (exact) mass is 285 g/mol. The molecule has 2 N–H and O–H groups in total. The fraction of sp³-hybridized carbons (Fsp3) is 0.100. The van der Waals surface area contributed by atoms with Crippen LogP contribution in [-0.4, -0.2) is 23.2 Å². The van der Waals surface area contributed by atoms with Gasteiger partial charge in [0, 0.05) is 10.6 Å². The van der Waals surface area contributed by atoms with Crippen LogP contribution in [0.5, 0.6) is 0 Å². The molecular weight excluding hydrogens is 278 g/mol. The van der Waals surface area contributed by atoms with Gasteiger partial charge in [0.2, 0.25) is 0 Å². The first kappa shape index (κ1) is 12.9. The first-order valence-corrected chi connectivity index (χ1v) is 6.64. The van der Waals surface area contributed by atoms with Gasteiger partial charge in [-0.05, 0) is 25.1 Å². The first-order chi connectivity index (χ1) is 8.30. The Hall–Kier alpha value is -1.57. The fourth-order valence-electron chi connectivity index (χ4n) is 1.60. The van der Waals surface area contributed by atoms with Crippen molar-refractivity contribution in [3.8, 4) is 11.1 Å². The van der Waals surface area contributed by atoms with E-state index in [2.05, 4.69) is 10.2 Å². The molecule has 0 atom stereocenters. The lowest BCUT2D eigenvalue weighted by atomic mass is 10.1. The van der Waals surface area contributed by atoms with E-state index >= 15 is 0 Å². The number of nitrogens with zero attached hydrogens (tertiary/aromatic N) is 2. The molecular formula is C10H8ClN3O3S. The Morgan fingerprint density at radius 2 is 2.11 bits per heavy atom. The third kappa shape index (κ3) is 2.20. The van der Waals surface area contributed by atoms with E-state index < -0.39 is 10.1 Å². The average molecular weight is 286 g/mol. The lowest BCUT2D eigenvalue weighted by Crippen LogP contribution is -1.98. The number of aromatic nitrogens is 2. The van der Waals surface area contributed by atoms with Gasteiger partial charge in [-0.15, -0.1) is 5.73 Å². The van der Waals surface area contributed by atoms with Crippen LogP contribution in [0.25, 0.3) is 11.1 Å². The molecule has 1 heterocycles. The van der Waals surface area contributed by atoms with Gasteiger partial charge in [0.1, 0.15) is 0 Å². The third-order valence-electron chi connectivity index (χ3n) is 2.43. The summed E-state index contributed by atoms with van der Waals surface area (Å²) in [5.74, 6) is -0.220. The van der Waals surface area contributed by atoms with E-state index in [4.69, 9.17) is 16.2 Å². The molecule has 1 aromatic carbocycles. The van der Waals surface area contributed by atoms with Crippen molar-refractivity contribution in [1.82, 2.24) is 15.9 Å². The van der Waals surface area contributed by atoms with Crippen molar-refractivity contribution in [2.24, 2.45) is 0 Å². The van der Waals surface area contributed by atoms with Gasteiger partial charge in [-0.1, -0.05) is 11.6 Å². The van der Waals surface area contributed by atoms with Crippen molar-refractivity contribution in [2.45, 2.75) is 11.8 Å². The second-order valence-corrected chi connectivity index (χ2v) is 5.48. The first-order valence-electron chi connectivity index (χ1n) is 4.82. The fourth-order valence-corrected chi connectivity index (χ4v) is 2.32. The molecule has 0 saturated heterocycles. The van der Waals surface area contributed by atoms with Crippen LogP contribution in [0.1, 0.15) is 5.69 Å². The zero-order chi connectivity index (χ0) is 13.5. The van der Waals surface area contributed by atoms with Gasteiger partial charge in [-0.2, -0.15) is 13.5 Å². The van der Waals surface area contributed by atoms with Crippen molar-refractivity contribution in [2.75, 3.05) is 0 Å². The van der Waals surface area contributed by atoms with E-state index in [9.17, 15) is 14.2 Å². The molecule has 94 valence electrons. The van der Waals surface area contributed by atoms with Crippen molar-refractivity contribution < 1.29 is 13.0 Å². The molecule has 8 heteroatoms. The normalized spacial score (nSPS) is 11.7. The average Bonchev–Trinajstić information content (AvgIpc) is 2.58. The Morgan fingerprint density at radius 3 is 2.61 bits per heavy atom. The number of benzene rings is 1. The van der Waals surface area contributed by atoms with Crippen molar-refractivity contribution in [3.05, 3.63) is 28.9 Å². The smallest absolute Gasteiger partial charge is 0.282 e. The number of halogens is 1. The topological polar surface area (TPSA) is 105 Å². The molecule has 2 rings (SSSR count). The highest BCUT2D eigenvalue weighted by Gasteiger charge is 2.18. The summed E-state index contributed by atoms with van der Waals surface area (Å²) in [6.45, 7) is 1.63. The molecule has 0 amide bonds. The van der Waals surface area contributed by atoms with Crippen molar-refractivity contribution in [1.29, 1.82) is 0 Å². The number of H-pyrrole nitrogens is 1. The number of hydrogen-bond acceptors (Lipinski definition) is 3. The van der Waals surface area contributed by atoms with Crippen molar-refractivity contribution in [3.63, 3.8) is 0 Å². The molecule has 2 aromatic rings.